The van der Waals surface area contributed by atoms with Crippen LogP contribution in [0.1, 0.15) is 52.1 Å². The van der Waals surface area contributed by atoms with Gasteiger partial charge in [0.25, 0.3) is 5.91 Å². The van der Waals surface area contributed by atoms with Gasteiger partial charge in [0, 0.05) is 37.4 Å². The molecule has 2 aromatic rings. The first-order chi connectivity index (χ1) is 13.9. The second kappa shape index (κ2) is 7.49. The maximum Gasteiger partial charge on any atom is 0.255 e. The van der Waals surface area contributed by atoms with E-state index >= 15 is 0 Å². The Bertz CT molecular complexity index is 980. The van der Waals surface area contributed by atoms with E-state index in [1.54, 1.807) is 19.2 Å². The van der Waals surface area contributed by atoms with E-state index in [1.807, 2.05) is 11.0 Å². The molecule has 2 bridgehead atoms. The molecule has 0 N–H and O–H groups in total. The summed E-state index contributed by atoms with van der Waals surface area (Å²) in [6.45, 7) is 8.14. The van der Waals surface area contributed by atoms with Crippen molar-refractivity contribution >= 4 is 5.91 Å². The number of pyridine rings is 1. The number of ether oxygens (including phenoxy) is 1. The Morgan fingerprint density at radius 2 is 2.00 bits per heavy atom. The number of carbonyl (C=O) groups excluding carboxylic acids is 1. The third-order valence-electron chi connectivity index (χ3n) is 6.62. The predicted octanol–water partition coefficient (Wildman–Crippen LogP) is 3.24. The Hall–Kier alpha value is -2.91. The van der Waals surface area contributed by atoms with Crippen molar-refractivity contribution in [1.29, 1.82) is 5.26 Å². The van der Waals surface area contributed by atoms with E-state index in [1.165, 1.54) is 22.9 Å². The van der Waals surface area contributed by atoms with Crippen LogP contribution in [-0.4, -0.2) is 53.0 Å². The van der Waals surface area contributed by atoms with E-state index in [-0.39, 0.29) is 11.9 Å². The molecule has 6 nitrogen and oxygen atoms in total. The fraction of sp³-hybridized carbons (Fsp3) is 0.435. The number of likely N-dealkylation sites (tertiary alicyclic amines) is 2. The van der Waals surface area contributed by atoms with E-state index in [0.29, 0.717) is 23.3 Å². The van der Waals surface area contributed by atoms with Gasteiger partial charge in [-0.15, -0.1) is 0 Å². The van der Waals surface area contributed by atoms with Crippen LogP contribution in [0.15, 0.2) is 30.5 Å². The SMILES string of the molecule is COc1ccc([C@H](C)N2C[C@H]3C[C@@H]2CN3C(=O)c2ccc(C#N)nc2)c(C)c1C. The third kappa shape index (κ3) is 3.26. The second-order valence-corrected chi connectivity index (χ2v) is 8.02. The number of methoxy groups -OCH3 is 1. The lowest BCUT2D eigenvalue weighted by molar-refractivity contribution is 0.0568. The molecule has 4 rings (SSSR count). The maximum atomic E-state index is 12.9. The molecule has 2 aliphatic heterocycles. The van der Waals surface area contributed by atoms with Crippen LogP contribution in [-0.2, 0) is 0 Å². The molecule has 3 heterocycles. The molecule has 2 fully saturated rings. The first kappa shape index (κ1) is 19.4. The fourth-order valence-corrected chi connectivity index (χ4v) is 4.84. The molecule has 1 aromatic heterocycles. The molecule has 0 unspecified atom stereocenters. The Morgan fingerprint density at radius 1 is 1.21 bits per heavy atom. The Kier molecular flexibility index (Phi) is 5.01. The minimum absolute atomic E-state index is 0.0123. The van der Waals surface area contributed by atoms with Gasteiger partial charge in [-0.05, 0) is 62.1 Å². The van der Waals surface area contributed by atoms with Crippen molar-refractivity contribution in [2.45, 2.75) is 45.3 Å². The average Bonchev–Trinajstić information content (AvgIpc) is 3.36. The molecule has 0 spiro atoms. The van der Waals surface area contributed by atoms with Crippen LogP contribution in [0.2, 0.25) is 0 Å². The smallest absolute Gasteiger partial charge is 0.255 e. The predicted molar refractivity (Wildman–Crippen MR) is 110 cm³/mol. The number of aromatic nitrogens is 1. The number of carbonyl (C=O) groups is 1. The topological polar surface area (TPSA) is 69.5 Å². The maximum absolute atomic E-state index is 12.9. The van der Waals surface area contributed by atoms with Crippen LogP contribution in [0.4, 0.5) is 0 Å². The van der Waals surface area contributed by atoms with Gasteiger partial charge in [0.2, 0.25) is 0 Å². The molecule has 29 heavy (non-hydrogen) atoms. The number of fused-ring (bicyclic) bond motifs is 2. The zero-order valence-corrected chi connectivity index (χ0v) is 17.3. The Morgan fingerprint density at radius 3 is 2.59 bits per heavy atom. The molecule has 6 heteroatoms. The molecule has 1 aromatic carbocycles. The number of rotatable bonds is 4. The Labute approximate surface area is 171 Å². The third-order valence-corrected chi connectivity index (χ3v) is 6.62. The molecule has 2 saturated heterocycles. The van der Waals surface area contributed by atoms with Crippen LogP contribution < -0.4 is 4.74 Å². The quantitative estimate of drug-likeness (QED) is 0.802. The van der Waals surface area contributed by atoms with Gasteiger partial charge in [-0.25, -0.2) is 4.98 Å². The zero-order chi connectivity index (χ0) is 20.7. The van der Waals surface area contributed by atoms with Crippen molar-refractivity contribution in [3.8, 4) is 11.8 Å². The minimum atomic E-state index is 0.0123. The summed E-state index contributed by atoms with van der Waals surface area (Å²) in [5.74, 6) is 0.937. The van der Waals surface area contributed by atoms with Gasteiger partial charge in [-0.1, -0.05) is 6.07 Å². The standard InChI is InChI=1S/C23H26N4O2/c1-14-15(2)22(29-4)8-7-21(14)16(3)26-12-20-9-19(26)13-27(20)23(28)17-5-6-18(10-24)25-11-17/h5-8,11,16,19-20H,9,12-13H2,1-4H3/t16-,19+,20+/m0/s1. The highest BCUT2D eigenvalue weighted by atomic mass is 16.5. The van der Waals surface area contributed by atoms with Crippen molar-refractivity contribution in [3.05, 3.63) is 58.4 Å². The highest BCUT2D eigenvalue weighted by Gasteiger charge is 2.47. The number of piperazine rings is 1. The monoisotopic (exact) mass is 390 g/mol. The first-order valence-electron chi connectivity index (χ1n) is 10.0. The number of amides is 1. The van der Waals surface area contributed by atoms with Gasteiger partial charge in [-0.3, -0.25) is 9.69 Å². The van der Waals surface area contributed by atoms with E-state index in [9.17, 15) is 4.79 Å². The van der Waals surface area contributed by atoms with Crippen LogP contribution in [0, 0.1) is 25.2 Å². The van der Waals surface area contributed by atoms with Crippen LogP contribution >= 0.6 is 0 Å². The number of hydrogen-bond donors (Lipinski definition) is 0. The largest absolute Gasteiger partial charge is 0.496 e. The van der Waals surface area contributed by atoms with Gasteiger partial charge in [-0.2, -0.15) is 5.26 Å². The molecule has 3 atom stereocenters. The van der Waals surface area contributed by atoms with Crippen molar-refractivity contribution in [2.24, 2.45) is 0 Å². The summed E-state index contributed by atoms with van der Waals surface area (Å²) in [4.78, 5) is 21.5. The van der Waals surface area contributed by atoms with Crippen molar-refractivity contribution in [2.75, 3.05) is 20.2 Å². The minimum Gasteiger partial charge on any atom is -0.496 e. The van der Waals surface area contributed by atoms with Gasteiger partial charge < -0.3 is 9.64 Å². The lowest BCUT2D eigenvalue weighted by Crippen LogP contribution is -2.49. The first-order valence-corrected chi connectivity index (χ1v) is 10.0. The number of hydrogen-bond acceptors (Lipinski definition) is 5. The van der Waals surface area contributed by atoms with E-state index in [4.69, 9.17) is 10.00 Å². The van der Waals surface area contributed by atoms with Gasteiger partial charge in [0.1, 0.15) is 17.5 Å². The lowest BCUT2D eigenvalue weighted by Gasteiger charge is -2.38. The van der Waals surface area contributed by atoms with Crippen LogP contribution in [0.5, 0.6) is 5.75 Å². The fourth-order valence-electron chi connectivity index (χ4n) is 4.84. The van der Waals surface area contributed by atoms with Crippen LogP contribution in [0.25, 0.3) is 0 Å². The van der Waals surface area contributed by atoms with E-state index in [0.717, 1.165) is 25.3 Å². The van der Waals surface area contributed by atoms with Gasteiger partial charge >= 0.3 is 0 Å². The second-order valence-electron chi connectivity index (χ2n) is 8.02. The van der Waals surface area contributed by atoms with E-state index < -0.39 is 0 Å². The zero-order valence-electron chi connectivity index (χ0n) is 17.3. The highest BCUT2D eigenvalue weighted by molar-refractivity contribution is 5.94. The van der Waals surface area contributed by atoms with Crippen molar-refractivity contribution < 1.29 is 9.53 Å². The number of benzene rings is 1. The molecular weight excluding hydrogens is 364 g/mol. The molecule has 150 valence electrons. The molecule has 2 aliphatic rings. The molecule has 0 saturated carbocycles. The number of nitrogens with zero attached hydrogens (tertiary/aromatic N) is 4. The molecular formula is C23H26N4O2. The van der Waals surface area contributed by atoms with Crippen LogP contribution in [0.3, 0.4) is 0 Å². The molecule has 0 aliphatic carbocycles. The summed E-state index contributed by atoms with van der Waals surface area (Å²) in [7, 11) is 1.71. The molecule has 0 radical (unpaired) electrons. The summed E-state index contributed by atoms with van der Waals surface area (Å²) in [6.07, 6.45) is 2.52. The normalized spacial score (nSPS) is 21.8. The Balaban J connectivity index is 1.48. The molecule has 1 amide bonds. The summed E-state index contributed by atoms with van der Waals surface area (Å²) in [6, 6.07) is 10.4. The summed E-state index contributed by atoms with van der Waals surface area (Å²) in [5.41, 5.74) is 4.67. The summed E-state index contributed by atoms with van der Waals surface area (Å²) < 4.78 is 5.45. The lowest BCUT2D eigenvalue weighted by atomic mass is 9.96. The van der Waals surface area contributed by atoms with Gasteiger partial charge in [0.05, 0.1) is 12.7 Å². The average molecular weight is 390 g/mol. The number of nitriles is 1. The highest BCUT2D eigenvalue weighted by Crippen LogP contribution is 2.39. The summed E-state index contributed by atoms with van der Waals surface area (Å²) in [5, 5.41) is 8.89. The van der Waals surface area contributed by atoms with E-state index in [2.05, 4.69) is 42.8 Å². The van der Waals surface area contributed by atoms with Gasteiger partial charge in [0.15, 0.2) is 0 Å². The van der Waals surface area contributed by atoms with Crippen molar-refractivity contribution in [1.82, 2.24) is 14.8 Å². The summed E-state index contributed by atoms with van der Waals surface area (Å²) >= 11 is 0. The van der Waals surface area contributed by atoms with Crippen molar-refractivity contribution in [3.63, 3.8) is 0 Å².